The Hall–Kier alpha value is -1.35. The highest BCUT2D eigenvalue weighted by Gasteiger charge is 2.31. The zero-order valence-corrected chi connectivity index (χ0v) is 10.1. The molecule has 2 unspecified atom stereocenters. The molecule has 2 atom stereocenters. The highest BCUT2D eigenvalue weighted by Crippen LogP contribution is 2.26. The molecule has 0 aliphatic heterocycles. The summed E-state index contributed by atoms with van der Waals surface area (Å²) in [5.41, 5.74) is 2.07. The average Bonchev–Trinajstić information content (AvgIpc) is 2.76. The van der Waals surface area contributed by atoms with Gasteiger partial charge in [0.1, 0.15) is 0 Å². The van der Waals surface area contributed by atoms with E-state index in [9.17, 15) is 9.90 Å². The molecular weight excluding hydrogens is 214 g/mol. The fourth-order valence-corrected chi connectivity index (χ4v) is 2.31. The number of carbonyl (C=O) groups excluding carboxylic acids is 1. The molecule has 0 aromatic heterocycles. The molecule has 3 nitrogen and oxygen atoms in total. The number of nitrogens with one attached hydrogen (secondary N) is 1. The van der Waals surface area contributed by atoms with Gasteiger partial charge in [0.2, 0.25) is 5.91 Å². The minimum absolute atomic E-state index is 0.0563. The number of amides is 1. The third-order valence-electron chi connectivity index (χ3n) is 3.45. The maximum Gasteiger partial charge on any atom is 0.230 e. The number of hydrogen-bond donors (Lipinski definition) is 2. The topological polar surface area (TPSA) is 49.3 Å². The molecule has 0 radical (unpaired) electrons. The summed E-state index contributed by atoms with van der Waals surface area (Å²) in [4.78, 5) is 11.9. The van der Waals surface area contributed by atoms with Gasteiger partial charge in [-0.05, 0) is 43.4 Å². The summed E-state index contributed by atoms with van der Waals surface area (Å²) in [6.45, 7) is 2.10. The van der Waals surface area contributed by atoms with Crippen LogP contribution in [0, 0.1) is 5.92 Å². The molecule has 0 heterocycles. The predicted molar refractivity (Wildman–Crippen MR) is 67.8 cm³/mol. The molecule has 1 saturated carbocycles. The van der Waals surface area contributed by atoms with Crippen LogP contribution in [0.25, 0.3) is 0 Å². The maximum atomic E-state index is 11.9. The van der Waals surface area contributed by atoms with Crippen molar-refractivity contribution in [2.75, 3.05) is 5.32 Å². The normalized spacial score (nSPS) is 23.6. The van der Waals surface area contributed by atoms with Gasteiger partial charge in [0.05, 0.1) is 12.0 Å². The second kappa shape index (κ2) is 5.32. The van der Waals surface area contributed by atoms with Crippen LogP contribution in [-0.4, -0.2) is 17.1 Å². The van der Waals surface area contributed by atoms with Gasteiger partial charge in [0, 0.05) is 5.69 Å². The maximum absolute atomic E-state index is 11.9. The smallest absolute Gasteiger partial charge is 0.230 e. The predicted octanol–water partition coefficient (Wildman–Crippen LogP) is 2.35. The Morgan fingerprint density at radius 1 is 1.35 bits per heavy atom. The second-order valence-electron chi connectivity index (χ2n) is 4.64. The monoisotopic (exact) mass is 233 g/mol. The van der Waals surface area contributed by atoms with Crippen molar-refractivity contribution in [1.82, 2.24) is 0 Å². The molecule has 1 aliphatic rings. The summed E-state index contributed by atoms with van der Waals surface area (Å²) in [6, 6.07) is 7.86. The number of hydrogen-bond acceptors (Lipinski definition) is 2. The number of aryl methyl sites for hydroxylation is 1. The number of aliphatic hydroxyl groups is 1. The van der Waals surface area contributed by atoms with E-state index in [1.807, 2.05) is 24.3 Å². The fraction of sp³-hybridized carbons (Fsp3) is 0.500. The van der Waals surface area contributed by atoms with Crippen LogP contribution in [0.1, 0.15) is 31.7 Å². The Morgan fingerprint density at radius 3 is 2.59 bits per heavy atom. The van der Waals surface area contributed by atoms with Crippen molar-refractivity contribution < 1.29 is 9.90 Å². The summed E-state index contributed by atoms with van der Waals surface area (Å²) in [6.07, 6.45) is 3.00. The second-order valence-corrected chi connectivity index (χ2v) is 4.64. The molecule has 1 aromatic rings. The van der Waals surface area contributed by atoms with Crippen molar-refractivity contribution in [3.63, 3.8) is 0 Å². The molecule has 3 heteroatoms. The summed E-state index contributed by atoms with van der Waals surface area (Å²) < 4.78 is 0. The van der Waals surface area contributed by atoms with E-state index in [-0.39, 0.29) is 11.8 Å². The van der Waals surface area contributed by atoms with Crippen LogP contribution in [-0.2, 0) is 11.2 Å². The number of benzene rings is 1. The average molecular weight is 233 g/mol. The van der Waals surface area contributed by atoms with Gasteiger partial charge in [-0.3, -0.25) is 4.79 Å². The van der Waals surface area contributed by atoms with Crippen molar-refractivity contribution in [2.24, 2.45) is 5.92 Å². The SMILES string of the molecule is CCc1ccc(NC(=O)C2CCCC2O)cc1. The van der Waals surface area contributed by atoms with E-state index in [4.69, 9.17) is 0 Å². The van der Waals surface area contributed by atoms with Gasteiger partial charge in [-0.1, -0.05) is 19.1 Å². The fourth-order valence-electron chi connectivity index (χ4n) is 2.31. The Bertz CT molecular complexity index is 386. The summed E-state index contributed by atoms with van der Waals surface area (Å²) in [5, 5.41) is 12.5. The largest absolute Gasteiger partial charge is 0.392 e. The molecule has 1 aromatic carbocycles. The summed E-state index contributed by atoms with van der Waals surface area (Å²) in [5.74, 6) is -0.292. The molecular formula is C14H19NO2. The lowest BCUT2D eigenvalue weighted by Crippen LogP contribution is -2.28. The standard InChI is InChI=1S/C14H19NO2/c1-2-10-6-8-11(9-7-10)15-14(17)12-4-3-5-13(12)16/h6-9,12-13,16H,2-5H2,1H3,(H,15,17). The van der Waals surface area contributed by atoms with Crippen LogP contribution in [0.3, 0.4) is 0 Å². The lowest BCUT2D eigenvalue weighted by Gasteiger charge is -2.14. The van der Waals surface area contributed by atoms with Crippen LogP contribution in [0.4, 0.5) is 5.69 Å². The number of rotatable bonds is 3. The molecule has 17 heavy (non-hydrogen) atoms. The lowest BCUT2D eigenvalue weighted by molar-refractivity contribution is -0.122. The van der Waals surface area contributed by atoms with Crippen LogP contribution in [0.15, 0.2) is 24.3 Å². The molecule has 1 amide bonds. The van der Waals surface area contributed by atoms with E-state index in [2.05, 4.69) is 12.2 Å². The van der Waals surface area contributed by atoms with Gasteiger partial charge in [0.25, 0.3) is 0 Å². The number of aliphatic hydroxyl groups excluding tert-OH is 1. The number of anilines is 1. The van der Waals surface area contributed by atoms with Crippen molar-refractivity contribution in [3.05, 3.63) is 29.8 Å². The molecule has 0 spiro atoms. The summed E-state index contributed by atoms with van der Waals surface area (Å²) in [7, 11) is 0. The van der Waals surface area contributed by atoms with Crippen molar-refractivity contribution in [2.45, 2.75) is 38.7 Å². The van der Waals surface area contributed by atoms with E-state index in [0.29, 0.717) is 0 Å². The Morgan fingerprint density at radius 2 is 2.06 bits per heavy atom. The number of carbonyl (C=O) groups is 1. The van der Waals surface area contributed by atoms with Crippen molar-refractivity contribution in [3.8, 4) is 0 Å². The molecule has 92 valence electrons. The Kier molecular flexibility index (Phi) is 3.79. The quantitative estimate of drug-likeness (QED) is 0.842. The zero-order chi connectivity index (χ0) is 12.3. The molecule has 1 aliphatic carbocycles. The van der Waals surface area contributed by atoms with Gasteiger partial charge in [-0.15, -0.1) is 0 Å². The first-order chi connectivity index (χ1) is 8.20. The van der Waals surface area contributed by atoms with E-state index in [1.54, 1.807) is 0 Å². The highest BCUT2D eigenvalue weighted by molar-refractivity contribution is 5.93. The van der Waals surface area contributed by atoms with Gasteiger partial charge in [-0.2, -0.15) is 0 Å². The van der Waals surface area contributed by atoms with Gasteiger partial charge in [0.15, 0.2) is 0 Å². The third kappa shape index (κ3) is 2.86. The lowest BCUT2D eigenvalue weighted by atomic mass is 10.1. The first kappa shape index (κ1) is 12.1. The minimum Gasteiger partial charge on any atom is -0.392 e. The molecule has 1 fully saturated rings. The van der Waals surface area contributed by atoms with Crippen LogP contribution in [0.2, 0.25) is 0 Å². The van der Waals surface area contributed by atoms with Crippen LogP contribution in [0.5, 0.6) is 0 Å². The first-order valence-electron chi connectivity index (χ1n) is 6.28. The Balaban J connectivity index is 1.97. The van der Waals surface area contributed by atoms with Crippen LogP contribution < -0.4 is 5.32 Å². The molecule has 0 bridgehead atoms. The van der Waals surface area contributed by atoms with Gasteiger partial charge in [-0.25, -0.2) is 0 Å². The van der Waals surface area contributed by atoms with E-state index in [1.165, 1.54) is 5.56 Å². The van der Waals surface area contributed by atoms with E-state index >= 15 is 0 Å². The third-order valence-corrected chi connectivity index (χ3v) is 3.45. The highest BCUT2D eigenvalue weighted by atomic mass is 16.3. The first-order valence-corrected chi connectivity index (χ1v) is 6.28. The van der Waals surface area contributed by atoms with E-state index in [0.717, 1.165) is 31.4 Å². The summed E-state index contributed by atoms with van der Waals surface area (Å²) >= 11 is 0. The van der Waals surface area contributed by atoms with Crippen LogP contribution >= 0.6 is 0 Å². The minimum atomic E-state index is -0.468. The van der Waals surface area contributed by atoms with Gasteiger partial charge >= 0.3 is 0 Å². The molecule has 0 saturated heterocycles. The van der Waals surface area contributed by atoms with E-state index < -0.39 is 6.10 Å². The van der Waals surface area contributed by atoms with Crippen molar-refractivity contribution >= 4 is 11.6 Å². The molecule has 2 rings (SSSR count). The Labute approximate surface area is 102 Å². The van der Waals surface area contributed by atoms with Crippen molar-refractivity contribution in [1.29, 1.82) is 0 Å². The zero-order valence-electron chi connectivity index (χ0n) is 10.1. The van der Waals surface area contributed by atoms with Gasteiger partial charge < -0.3 is 10.4 Å². The molecule has 2 N–H and O–H groups in total.